The third-order valence-corrected chi connectivity index (χ3v) is 6.80. The second kappa shape index (κ2) is 5.63. The molecule has 17 heavy (non-hydrogen) atoms. The molecule has 1 aliphatic rings. The summed E-state index contributed by atoms with van der Waals surface area (Å²) in [5.74, 6) is 1.02. The number of hydrogen-bond acceptors (Lipinski definition) is 4. The van der Waals surface area contributed by atoms with Crippen LogP contribution in [0.2, 0.25) is 0 Å². The first-order valence-corrected chi connectivity index (χ1v) is 7.94. The van der Waals surface area contributed by atoms with E-state index < -0.39 is 6.10 Å². The van der Waals surface area contributed by atoms with E-state index in [2.05, 4.69) is 18.8 Å². The molecule has 1 fully saturated rings. The zero-order chi connectivity index (χ0) is 12.4. The molecule has 1 aromatic heterocycles. The van der Waals surface area contributed by atoms with Crippen LogP contribution in [0, 0.1) is 6.92 Å². The molecule has 2 rings (SSSR count). The molecule has 2 heterocycles. The Bertz CT molecular complexity index is 385. The van der Waals surface area contributed by atoms with Crippen molar-refractivity contribution < 1.29 is 5.11 Å². The van der Waals surface area contributed by atoms with E-state index in [9.17, 15) is 5.11 Å². The van der Waals surface area contributed by atoms with E-state index in [1.54, 1.807) is 12.4 Å². The van der Waals surface area contributed by atoms with Crippen molar-refractivity contribution in [3.05, 3.63) is 29.6 Å². The Hall–Kier alpha value is -0.190. The van der Waals surface area contributed by atoms with Crippen LogP contribution in [-0.4, -0.2) is 31.6 Å². The van der Waals surface area contributed by atoms with Gasteiger partial charge in [0.25, 0.3) is 0 Å². The van der Waals surface area contributed by atoms with Crippen LogP contribution in [0.1, 0.15) is 31.1 Å². The Morgan fingerprint density at radius 2 is 2.18 bits per heavy atom. The van der Waals surface area contributed by atoms with Crippen LogP contribution in [0.4, 0.5) is 0 Å². The van der Waals surface area contributed by atoms with Gasteiger partial charge in [0.15, 0.2) is 0 Å². The molecule has 0 aromatic carbocycles. The Labute approximate surface area is 112 Å². The summed E-state index contributed by atoms with van der Waals surface area (Å²) in [6.45, 7) is 6.55. The molecule has 0 bridgehead atoms. The molecule has 2 nitrogen and oxygen atoms in total. The quantitative estimate of drug-likeness (QED) is 0.894. The van der Waals surface area contributed by atoms with E-state index >= 15 is 0 Å². The summed E-state index contributed by atoms with van der Waals surface area (Å²) >= 11 is 3.87. The van der Waals surface area contributed by atoms with Crippen LogP contribution >= 0.6 is 23.5 Å². The molecule has 4 unspecified atom stereocenters. The molecule has 4 atom stereocenters. The second-order valence-electron chi connectivity index (χ2n) is 4.60. The standard InChI is InChI=1S/C13H19NOS2/c1-8-4-5-14-6-11(8)13(15)12-7-16-9(2)10(3)17-12/h4-6,9-10,12-13,15H,7H2,1-3H3. The monoisotopic (exact) mass is 269 g/mol. The van der Waals surface area contributed by atoms with Gasteiger partial charge in [-0.1, -0.05) is 13.8 Å². The van der Waals surface area contributed by atoms with Gasteiger partial charge in [0.1, 0.15) is 0 Å². The van der Waals surface area contributed by atoms with Crippen molar-refractivity contribution in [1.29, 1.82) is 0 Å². The van der Waals surface area contributed by atoms with E-state index in [1.165, 1.54) is 0 Å². The van der Waals surface area contributed by atoms with Gasteiger partial charge in [-0.2, -0.15) is 23.5 Å². The van der Waals surface area contributed by atoms with Crippen molar-refractivity contribution in [3.8, 4) is 0 Å². The molecule has 1 N–H and O–H groups in total. The van der Waals surface area contributed by atoms with Gasteiger partial charge in [-0.05, 0) is 18.6 Å². The van der Waals surface area contributed by atoms with Crippen LogP contribution in [0.15, 0.2) is 18.5 Å². The van der Waals surface area contributed by atoms with Gasteiger partial charge in [0.05, 0.1) is 6.10 Å². The zero-order valence-corrected chi connectivity index (χ0v) is 12.1. The lowest BCUT2D eigenvalue weighted by Crippen LogP contribution is -2.30. The minimum Gasteiger partial charge on any atom is -0.387 e. The minimum absolute atomic E-state index is 0.286. The first-order chi connectivity index (χ1) is 8.09. The number of hydrogen-bond donors (Lipinski definition) is 1. The summed E-state index contributed by atoms with van der Waals surface area (Å²) in [5, 5.41) is 12.0. The van der Waals surface area contributed by atoms with E-state index in [-0.39, 0.29) is 5.25 Å². The molecule has 1 saturated heterocycles. The molecule has 0 spiro atoms. The van der Waals surface area contributed by atoms with Crippen LogP contribution in [0.3, 0.4) is 0 Å². The van der Waals surface area contributed by atoms with E-state index in [1.807, 2.05) is 36.5 Å². The van der Waals surface area contributed by atoms with Crippen LogP contribution < -0.4 is 0 Å². The Kier molecular flexibility index (Phi) is 4.39. The molecular formula is C13H19NOS2. The lowest BCUT2D eigenvalue weighted by atomic mass is 10.0. The van der Waals surface area contributed by atoms with Gasteiger partial charge in [0, 0.05) is 39.5 Å². The Morgan fingerprint density at radius 1 is 1.41 bits per heavy atom. The highest BCUT2D eigenvalue weighted by Gasteiger charge is 2.31. The predicted octanol–water partition coefficient (Wildman–Crippen LogP) is 3.05. The minimum atomic E-state index is -0.392. The highest BCUT2D eigenvalue weighted by Crippen LogP contribution is 2.41. The summed E-state index contributed by atoms with van der Waals surface area (Å²) in [6.07, 6.45) is 3.18. The number of nitrogens with zero attached hydrogens (tertiary/aromatic N) is 1. The summed E-state index contributed by atoms with van der Waals surface area (Å²) in [6, 6.07) is 1.96. The summed E-state index contributed by atoms with van der Waals surface area (Å²) in [4.78, 5) is 4.12. The maximum absolute atomic E-state index is 10.5. The number of aliphatic hydroxyl groups is 1. The number of thioether (sulfide) groups is 2. The van der Waals surface area contributed by atoms with Crippen LogP contribution in [-0.2, 0) is 0 Å². The number of pyridine rings is 1. The van der Waals surface area contributed by atoms with Crippen molar-refractivity contribution in [3.63, 3.8) is 0 Å². The molecule has 1 aromatic rings. The fraction of sp³-hybridized carbons (Fsp3) is 0.615. The first-order valence-electron chi connectivity index (χ1n) is 5.95. The van der Waals surface area contributed by atoms with Crippen molar-refractivity contribution >= 4 is 23.5 Å². The van der Waals surface area contributed by atoms with Crippen molar-refractivity contribution in [2.45, 2.75) is 42.6 Å². The Balaban J connectivity index is 2.10. The van der Waals surface area contributed by atoms with Crippen molar-refractivity contribution in [1.82, 2.24) is 4.98 Å². The van der Waals surface area contributed by atoms with Gasteiger partial charge in [0.2, 0.25) is 0 Å². The lowest BCUT2D eigenvalue weighted by Gasteiger charge is -2.34. The van der Waals surface area contributed by atoms with Gasteiger partial charge in [-0.25, -0.2) is 0 Å². The summed E-state index contributed by atoms with van der Waals surface area (Å²) < 4.78 is 0. The Morgan fingerprint density at radius 3 is 2.82 bits per heavy atom. The molecule has 94 valence electrons. The van der Waals surface area contributed by atoms with Crippen molar-refractivity contribution in [2.75, 3.05) is 5.75 Å². The number of aliphatic hydroxyl groups excluding tert-OH is 1. The van der Waals surface area contributed by atoms with Gasteiger partial charge in [-0.3, -0.25) is 4.98 Å². The smallest absolute Gasteiger partial charge is 0.0934 e. The van der Waals surface area contributed by atoms with Crippen LogP contribution in [0.25, 0.3) is 0 Å². The molecule has 4 heteroatoms. The van der Waals surface area contributed by atoms with Gasteiger partial charge >= 0.3 is 0 Å². The molecule has 0 saturated carbocycles. The first kappa shape index (κ1) is 13.2. The van der Waals surface area contributed by atoms with E-state index in [4.69, 9.17) is 0 Å². The fourth-order valence-corrected chi connectivity index (χ4v) is 4.95. The largest absolute Gasteiger partial charge is 0.387 e. The molecular weight excluding hydrogens is 250 g/mol. The maximum atomic E-state index is 10.5. The lowest BCUT2D eigenvalue weighted by molar-refractivity contribution is 0.179. The second-order valence-corrected chi connectivity index (χ2v) is 7.63. The normalized spacial score (nSPS) is 31.2. The molecule has 0 radical (unpaired) electrons. The average molecular weight is 269 g/mol. The van der Waals surface area contributed by atoms with Crippen molar-refractivity contribution in [2.24, 2.45) is 0 Å². The topological polar surface area (TPSA) is 33.1 Å². The highest BCUT2D eigenvalue weighted by molar-refractivity contribution is 8.07. The number of rotatable bonds is 2. The molecule has 1 aliphatic heterocycles. The molecule has 0 aliphatic carbocycles. The van der Waals surface area contributed by atoms with E-state index in [0.717, 1.165) is 16.9 Å². The van der Waals surface area contributed by atoms with Gasteiger partial charge in [-0.15, -0.1) is 0 Å². The van der Waals surface area contributed by atoms with E-state index in [0.29, 0.717) is 10.5 Å². The zero-order valence-electron chi connectivity index (χ0n) is 10.5. The third-order valence-electron chi connectivity index (χ3n) is 3.32. The summed E-state index contributed by atoms with van der Waals surface area (Å²) in [5.41, 5.74) is 2.11. The van der Waals surface area contributed by atoms with Crippen LogP contribution in [0.5, 0.6) is 0 Å². The molecule has 0 amide bonds. The van der Waals surface area contributed by atoms with Gasteiger partial charge < -0.3 is 5.11 Å². The highest BCUT2D eigenvalue weighted by atomic mass is 32.2. The number of aromatic nitrogens is 1. The fourth-order valence-electron chi connectivity index (χ4n) is 1.96. The SMILES string of the molecule is Cc1ccncc1C(O)C1CSC(C)C(C)S1. The average Bonchev–Trinajstić information content (AvgIpc) is 2.32. The predicted molar refractivity (Wildman–Crippen MR) is 76.7 cm³/mol. The summed E-state index contributed by atoms with van der Waals surface area (Å²) in [7, 11) is 0. The third kappa shape index (κ3) is 2.98. The number of aryl methyl sites for hydroxylation is 1. The maximum Gasteiger partial charge on any atom is 0.0934 e.